The molecule has 1 aromatic carbocycles. The molecule has 1 rings (SSSR count). The highest BCUT2D eigenvalue weighted by Gasteiger charge is 2.22. The number of carbonyl (C=O) groups is 1. The number of aliphatic hydroxyl groups is 2. The first-order valence-corrected chi connectivity index (χ1v) is 6.83. The summed E-state index contributed by atoms with van der Waals surface area (Å²) in [4.78, 5) is 11.6. The van der Waals surface area contributed by atoms with Gasteiger partial charge >= 0.3 is 6.09 Å². The van der Waals surface area contributed by atoms with Crippen molar-refractivity contribution in [2.75, 3.05) is 6.61 Å². The predicted octanol–water partition coefficient (Wildman–Crippen LogP) is 1.95. The summed E-state index contributed by atoms with van der Waals surface area (Å²) < 4.78 is 5.09. The van der Waals surface area contributed by atoms with Gasteiger partial charge in [0, 0.05) is 0 Å². The molecule has 0 saturated carbocycles. The third-order valence-corrected chi connectivity index (χ3v) is 2.60. The maximum atomic E-state index is 11.6. The summed E-state index contributed by atoms with van der Waals surface area (Å²) >= 11 is 0. The Labute approximate surface area is 125 Å². The average molecular weight is 293 g/mol. The molecule has 0 aliphatic heterocycles. The van der Waals surface area contributed by atoms with E-state index in [1.54, 1.807) is 26.8 Å². The van der Waals surface area contributed by atoms with Gasteiger partial charge in [-0.05, 0) is 26.3 Å². The zero-order valence-corrected chi connectivity index (χ0v) is 12.6. The number of hydrogen-bond donors (Lipinski definition) is 3. The molecule has 1 amide bonds. The van der Waals surface area contributed by atoms with Gasteiger partial charge in [0.2, 0.25) is 0 Å². The normalized spacial score (nSPS) is 14.7. The van der Waals surface area contributed by atoms with Crippen LogP contribution in [0.1, 0.15) is 26.3 Å². The summed E-state index contributed by atoms with van der Waals surface area (Å²) in [7, 11) is 0. The van der Waals surface area contributed by atoms with E-state index in [1.807, 2.05) is 30.3 Å². The van der Waals surface area contributed by atoms with Gasteiger partial charge in [-0.15, -0.1) is 0 Å². The largest absolute Gasteiger partial charge is 0.444 e. The summed E-state index contributed by atoms with van der Waals surface area (Å²) in [6.45, 7) is 4.84. The number of aliphatic hydroxyl groups excluding tert-OH is 2. The van der Waals surface area contributed by atoms with Crippen LogP contribution in [0.4, 0.5) is 4.79 Å². The minimum absolute atomic E-state index is 0.389. The lowest BCUT2D eigenvalue weighted by molar-refractivity contribution is 0.0406. The molecular weight excluding hydrogens is 270 g/mol. The van der Waals surface area contributed by atoms with Crippen molar-refractivity contribution >= 4 is 12.2 Å². The van der Waals surface area contributed by atoms with E-state index in [0.717, 1.165) is 5.56 Å². The Morgan fingerprint density at radius 2 is 1.95 bits per heavy atom. The van der Waals surface area contributed by atoms with Crippen LogP contribution in [-0.2, 0) is 4.74 Å². The number of rotatable bonds is 5. The second kappa shape index (κ2) is 7.81. The highest BCUT2D eigenvalue weighted by molar-refractivity contribution is 5.68. The first kappa shape index (κ1) is 17.2. The molecule has 0 unspecified atom stereocenters. The fourth-order valence-electron chi connectivity index (χ4n) is 1.61. The van der Waals surface area contributed by atoms with Gasteiger partial charge in [0.1, 0.15) is 5.60 Å². The van der Waals surface area contributed by atoms with Crippen LogP contribution in [-0.4, -0.2) is 40.7 Å². The third kappa shape index (κ3) is 6.92. The zero-order valence-electron chi connectivity index (χ0n) is 12.6. The molecule has 1 aromatic rings. The maximum Gasteiger partial charge on any atom is 0.408 e. The summed E-state index contributed by atoms with van der Waals surface area (Å²) in [5, 5.41) is 21.7. The van der Waals surface area contributed by atoms with E-state index in [0.29, 0.717) is 0 Å². The Morgan fingerprint density at radius 3 is 2.48 bits per heavy atom. The van der Waals surface area contributed by atoms with Crippen molar-refractivity contribution in [3.05, 3.63) is 42.0 Å². The van der Waals surface area contributed by atoms with Crippen molar-refractivity contribution in [3.63, 3.8) is 0 Å². The molecule has 0 saturated heterocycles. The smallest absolute Gasteiger partial charge is 0.408 e. The van der Waals surface area contributed by atoms with Crippen LogP contribution in [0, 0.1) is 0 Å². The van der Waals surface area contributed by atoms with Crippen LogP contribution < -0.4 is 5.32 Å². The Bertz CT molecular complexity index is 465. The Balaban J connectivity index is 2.59. The van der Waals surface area contributed by atoms with Crippen molar-refractivity contribution in [2.24, 2.45) is 0 Å². The molecule has 5 heteroatoms. The first-order valence-electron chi connectivity index (χ1n) is 6.83. The topological polar surface area (TPSA) is 78.8 Å². The second-order valence-corrected chi connectivity index (χ2v) is 5.70. The van der Waals surface area contributed by atoms with Crippen LogP contribution in [0.2, 0.25) is 0 Å². The Kier molecular flexibility index (Phi) is 6.39. The van der Waals surface area contributed by atoms with Crippen LogP contribution in [0.3, 0.4) is 0 Å². The number of ether oxygens (including phenoxy) is 1. The van der Waals surface area contributed by atoms with Crippen molar-refractivity contribution in [3.8, 4) is 0 Å². The highest BCUT2D eigenvalue weighted by atomic mass is 16.6. The fourth-order valence-corrected chi connectivity index (χ4v) is 1.61. The van der Waals surface area contributed by atoms with Gasteiger partial charge in [-0.1, -0.05) is 42.5 Å². The zero-order chi connectivity index (χ0) is 15.9. The van der Waals surface area contributed by atoms with Gasteiger partial charge in [0.15, 0.2) is 0 Å². The molecule has 116 valence electrons. The van der Waals surface area contributed by atoms with Crippen LogP contribution in [0.15, 0.2) is 36.4 Å². The summed E-state index contributed by atoms with van der Waals surface area (Å²) in [5.74, 6) is 0. The molecule has 0 heterocycles. The summed E-state index contributed by atoms with van der Waals surface area (Å²) in [6, 6.07) is 8.62. The molecular formula is C16H23NO4. The van der Waals surface area contributed by atoms with E-state index in [9.17, 15) is 15.0 Å². The molecule has 0 aliphatic rings. The van der Waals surface area contributed by atoms with E-state index in [4.69, 9.17) is 4.74 Å². The number of carbonyl (C=O) groups excluding carboxylic acids is 1. The first-order chi connectivity index (χ1) is 9.81. The van der Waals surface area contributed by atoms with E-state index in [2.05, 4.69) is 5.32 Å². The molecule has 0 aliphatic carbocycles. The summed E-state index contributed by atoms with van der Waals surface area (Å²) in [5.41, 5.74) is 0.292. The second-order valence-electron chi connectivity index (χ2n) is 5.70. The monoisotopic (exact) mass is 293 g/mol. The minimum atomic E-state index is -1.01. The van der Waals surface area contributed by atoms with E-state index in [1.165, 1.54) is 6.08 Å². The maximum absolute atomic E-state index is 11.6. The van der Waals surface area contributed by atoms with Gasteiger partial charge in [-0.2, -0.15) is 0 Å². The molecule has 0 bridgehead atoms. The van der Waals surface area contributed by atoms with Crippen LogP contribution in [0.25, 0.3) is 6.08 Å². The molecule has 0 fully saturated rings. The van der Waals surface area contributed by atoms with Gasteiger partial charge in [-0.25, -0.2) is 4.79 Å². The number of benzene rings is 1. The SMILES string of the molecule is CC(C)(C)OC(=O)N[C@@H](CO)[C@H](O)C=Cc1ccccc1. The molecule has 0 spiro atoms. The lowest BCUT2D eigenvalue weighted by atomic mass is 10.1. The predicted molar refractivity (Wildman–Crippen MR) is 81.7 cm³/mol. The van der Waals surface area contributed by atoms with Gasteiger partial charge < -0.3 is 20.3 Å². The highest BCUT2D eigenvalue weighted by Crippen LogP contribution is 2.08. The molecule has 0 radical (unpaired) electrons. The lowest BCUT2D eigenvalue weighted by Crippen LogP contribution is -2.46. The number of nitrogens with one attached hydrogen (secondary N) is 1. The number of alkyl carbamates (subject to hydrolysis) is 1. The average Bonchev–Trinajstić information content (AvgIpc) is 2.41. The Morgan fingerprint density at radius 1 is 1.33 bits per heavy atom. The van der Waals surface area contributed by atoms with Crippen LogP contribution in [0.5, 0.6) is 0 Å². The van der Waals surface area contributed by atoms with Gasteiger partial charge in [0.05, 0.1) is 18.8 Å². The molecule has 0 aromatic heterocycles. The van der Waals surface area contributed by atoms with Crippen molar-refractivity contribution in [1.29, 1.82) is 0 Å². The van der Waals surface area contributed by atoms with Crippen molar-refractivity contribution in [1.82, 2.24) is 5.32 Å². The molecule has 3 N–H and O–H groups in total. The minimum Gasteiger partial charge on any atom is -0.444 e. The third-order valence-electron chi connectivity index (χ3n) is 2.60. The van der Waals surface area contributed by atoms with E-state index in [-0.39, 0.29) is 6.61 Å². The van der Waals surface area contributed by atoms with Crippen molar-refractivity contribution in [2.45, 2.75) is 38.5 Å². The van der Waals surface area contributed by atoms with E-state index < -0.39 is 23.8 Å². The number of hydrogen-bond acceptors (Lipinski definition) is 4. The molecule has 2 atom stereocenters. The quantitative estimate of drug-likeness (QED) is 0.775. The van der Waals surface area contributed by atoms with Crippen LogP contribution >= 0.6 is 0 Å². The van der Waals surface area contributed by atoms with Gasteiger partial charge in [0.25, 0.3) is 0 Å². The molecule has 5 nitrogen and oxygen atoms in total. The molecule has 21 heavy (non-hydrogen) atoms. The lowest BCUT2D eigenvalue weighted by Gasteiger charge is -2.24. The summed E-state index contributed by atoms with van der Waals surface area (Å²) in [6.07, 6.45) is 1.56. The standard InChI is InChI=1S/C16H23NO4/c1-16(2,3)21-15(20)17-13(11-18)14(19)10-9-12-7-5-4-6-8-12/h4-10,13-14,18-19H,11H2,1-3H3,(H,17,20)/t13-,14+/m0/s1. The Hall–Kier alpha value is -1.85. The van der Waals surface area contributed by atoms with Crippen molar-refractivity contribution < 1.29 is 19.7 Å². The van der Waals surface area contributed by atoms with E-state index >= 15 is 0 Å². The number of amides is 1. The van der Waals surface area contributed by atoms with Gasteiger partial charge in [-0.3, -0.25) is 0 Å². The fraction of sp³-hybridized carbons (Fsp3) is 0.438.